The van der Waals surface area contributed by atoms with Crippen LogP contribution in [0.2, 0.25) is 10.0 Å². The quantitative estimate of drug-likeness (QED) is 0.379. The van der Waals surface area contributed by atoms with Crippen LogP contribution in [0.5, 0.6) is 0 Å². The molecule has 1 heterocycles. The largest absolute Gasteiger partial charge is 0.244 e. The first kappa shape index (κ1) is 17.0. The Hall–Kier alpha value is -2.42. The monoisotopic (exact) mass is 378 g/mol. The van der Waals surface area contributed by atoms with Crippen LogP contribution in [0, 0.1) is 13.8 Å². The van der Waals surface area contributed by atoms with Gasteiger partial charge in [-0.25, -0.2) is 9.97 Å². The van der Waals surface area contributed by atoms with E-state index in [1.54, 1.807) is 0 Å². The van der Waals surface area contributed by atoms with Crippen LogP contribution in [0.15, 0.2) is 60.7 Å². The summed E-state index contributed by atoms with van der Waals surface area (Å²) in [6, 6.07) is 19.5. The predicted octanol–water partition coefficient (Wildman–Crippen LogP) is 6.89. The van der Waals surface area contributed by atoms with Crippen LogP contribution in [0.1, 0.15) is 11.1 Å². The molecule has 0 bridgehead atoms. The van der Waals surface area contributed by atoms with Crippen LogP contribution in [0.3, 0.4) is 0 Å². The first-order valence-corrected chi connectivity index (χ1v) is 9.08. The van der Waals surface area contributed by atoms with Gasteiger partial charge in [0.25, 0.3) is 0 Å². The van der Waals surface area contributed by atoms with Gasteiger partial charge in [-0.05, 0) is 55.3 Å². The standard InChI is InChI=1S/C22H16Cl2N2/c1-13-3-12-19-20(14(13)2)26-22(16-6-10-18(24)11-7-16)21(25-19)15-4-8-17(23)9-5-15/h3-12H,1-2H3. The Morgan fingerprint density at radius 2 is 1.12 bits per heavy atom. The molecule has 0 amide bonds. The summed E-state index contributed by atoms with van der Waals surface area (Å²) in [6.07, 6.45) is 0. The number of hydrogen-bond acceptors (Lipinski definition) is 2. The van der Waals surface area contributed by atoms with E-state index in [0.29, 0.717) is 10.0 Å². The average molecular weight is 379 g/mol. The number of halogens is 2. The van der Waals surface area contributed by atoms with Crippen molar-refractivity contribution >= 4 is 34.2 Å². The van der Waals surface area contributed by atoms with Gasteiger partial charge < -0.3 is 0 Å². The summed E-state index contributed by atoms with van der Waals surface area (Å²) >= 11 is 12.1. The Balaban J connectivity index is 2.04. The van der Waals surface area contributed by atoms with Crippen molar-refractivity contribution in [2.45, 2.75) is 13.8 Å². The number of benzene rings is 3. The topological polar surface area (TPSA) is 25.8 Å². The molecule has 4 rings (SSSR count). The van der Waals surface area contributed by atoms with E-state index in [1.165, 1.54) is 5.56 Å². The van der Waals surface area contributed by atoms with Crippen molar-refractivity contribution in [1.82, 2.24) is 9.97 Å². The maximum Gasteiger partial charge on any atom is 0.0973 e. The van der Waals surface area contributed by atoms with E-state index in [-0.39, 0.29) is 0 Å². The van der Waals surface area contributed by atoms with Gasteiger partial charge in [0.2, 0.25) is 0 Å². The first-order chi connectivity index (χ1) is 12.5. The molecule has 0 spiro atoms. The van der Waals surface area contributed by atoms with Gasteiger partial charge in [-0.1, -0.05) is 53.5 Å². The molecule has 0 atom stereocenters. The lowest BCUT2D eigenvalue weighted by molar-refractivity contribution is 1.25. The minimum Gasteiger partial charge on any atom is -0.244 e. The Morgan fingerprint density at radius 3 is 1.65 bits per heavy atom. The summed E-state index contributed by atoms with van der Waals surface area (Å²) in [6.45, 7) is 4.17. The molecule has 0 saturated carbocycles. The highest BCUT2D eigenvalue weighted by molar-refractivity contribution is 6.31. The molecule has 0 aliphatic heterocycles. The van der Waals surface area contributed by atoms with Crippen LogP contribution in [-0.2, 0) is 0 Å². The van der Waals surface area contributed by atoms with Gasteiger partial charge in [0.15, 0.2) is 0 Å². The molecule has 0 fully saturated rings. The second kappa shape index (κ2) is 6.71. The van der Waals surface area contributed by atoms with Crippen LogP contribution < -0.4 is 0 Å². The van der Waals surface area contributed by atoms with Crippen LogP contribution in [-0.4, -0.2) is 9.97 Å². The van der Waals surface area contributed by atoms with Crippen LogP contribution >= 0.6 is 23.2 Å². The number of nitrogens with zero attached hydrogens (tertiary/aromatic N) is 2. The maximum absolute atomic E-state index is 6.06. The third-order valence-corrected chi connectivity index (χ3v) is 5.10. The molecule has 128 valence electrons. The molecule has 0 N–H and O–H groups in total. The van der Waals surface area contributed by atoms with E-state index >= 15 is 0 Å². The molecular formula is C22H16Cl2N2. The zero-order valence-electron chi connectivity index (χ0n) is 14.4. The van der Waals surface area contributed by atoms with Crippen molar-refractivity contribution in [2.24, 2.45) is 0 Å². The van der Waals surface area contributed by atoms with E-state index in [9.17, 15) is 0 Å². The van der Waals surface area contributed by atoms with Crippen molar-refractivity contribution in [3.05, 3.63) is 81.8 Å². The summed E-state index contributed by atoms with van der Waals surface area (Å²) in [5, 5.41) is 1.39. The highest BCUT2D eigenvalue weighted by Gasteiger charge is 2.15. The molecule has 0 aliphatic rings. The zero-order chi connectivity index (χ0) is 18.3. The van der Waals surface area contributed by atoms with Gasteiger partial charge in [0.05, 0.1) is 22.4 Å². The smallest absolute Gasteiger partial charge is 0.0973 e. The van der Waals surface area contributed by atoms with E-state index in [0.717, 1.165) is 39.1 Å². The number of aryl methyl sites for hydroxylation is 2. The summed E-state index contributed by atoms with van der Waals surface area (Å²) in [5.41, 5.74) is 7.79. The predicted molar refractivity (Wildman–Crippen MR) is 110 cm³/mol. The Morgan fingerprint density at radius 1 is 0.615 bits per heavy atom. The van der Waals surface area contributed by atoms with Gasteiger partial charge >= 0.3 is 0 Å². The fraction of sp³-hybridized carbons (Fsp3) is 0.0909. The second-order valence-electron chi connectivity index (χ2n) is 6.31. The number of aromatic nitrogens is 2. The van der Waals surface area contributed by atoms with Gasteiger partial charge in [-0.15, -0.1) is 0 Å². The molecule has 0 saturated heterocycles. The first-order valence-electron chi connectivity index (χ1n) is 8.33. The number of rotatable bonds is 2. The Kier molecular flexibility index (Phi) is 4.39. The van der Waals surface area contributed by atoms with E-state index in [2.05, 4.69) is 19.9 Å². The van der Waals surface area contributed by atoms with Gasteiger partial charge in [-0.3, -0.25) is 0 Å². The Bertz CT molecular complexity index is 1100. The molecule has 26 heavy (non-hydrogen) atoms. The SMILES string of the molecule is Cc1ccc2nc(-c3ccc(Cl)cc3)c(-c3ccc(Cl)cc3)nc2c1C. The van der Waals surface area contributed by atoms with E-state index < -0.39 is 0 Å². The molecule has 2 nitrogen and oxygen atoms in total. The summed E-state index contributed by atoms with van der Waals surface area (Å²) in [7, 11) is 0. The average Bonchev–Trinajstić information content (AvgIpc) is 2.65. The van der Waals surface area contributed by atoms with Gasteiger partial charge in [0, 0.05) is 21.2 Å². The van der Waals surface area contributed by atoms with E-state index in [4.69, 9.17) is 33.2 Å². The summed E-state index contributed by atoms with van der Waals surface area (Å²) in [4.78, 5) is 9.93. The minimum absolute atomic E-state index is 0.696. The molecule has 1 aromatic heterocycles. The van der Waals surface area contributed by atoms with E-state index in [1.807, 2.05) is 54.6 Å². The molecule has 0 radical (unpaired) electrons. The summed E-state index contributed by atoms with van der Waals surface area (Å²) in [5.74, 6) is 0. The lowest BCUT2D eigenvalue weighted by Gasteiger charge is -2.13. The third kappa shape index (κ3) is 3.07. The normalized spacial score (nSPS) is 11.1. The maximum atomic E-state index is 6.06. The molecule has 0 aliphatic carbocycles. The van der Waals surface area contributed by atoms with Crippen molar-refractivity contribution in [2.75, 3.05) is 0 Å². The second-order valence-corrected chi connectivity index (χ2v) is 7.18. The fourth-order valence-corrected chi connectivity index (χ4v) is 3.23. The number of hydrogen-bond donors (Lipinski definition) is 0. The van der Waals surface area contributed by atoms with Crippen molar-refractivity contribution < 1.29 is 0 Å². The zero-order valence-corrected chi connectivity index (χ0v) is 15.9. The highest BCUT2D eigenvalue weighted by atomic mass is 35.5. The van der Waals surface area contributed by atoms with Crippen molar-refractivity contribution in [3.8, 4) is 22.5 Å². The highest BCUT2D eigenvalue weighted by Crippen LogP contribution is 2.33. The molecule has 4 heteroatoms. The van der Waals surface area contributed by atoms with Crippen molar-refractivity contribution in [3.63, 3.8) is 0 Å². The molecule has 0 unspecified atom stereocenters. The van der Waals surface area contributed by atoms with Crippen LogP contribution in [0.25, 0.3) is 33.5 Å². The Labute approximate surface area is 162 Å². The summed E-state index contributed by atoms with van der Waals surface area (Å²) < 4.78 is 0. The van der Waals surface area contributed by atoms with Crippen LogP contribution in [0.4, 0.5) is 0 Å². The minimum atomic E-state index is 0.696. The number of fused-ring (bicyclic) bond motifs is 1. The third-order valence-electron chi connectivity index (χ3n) is 4.60. The fourth-order valence-electron chi connectivity index (χ4n) is 2.97. The van der Waals surface area contributed by atoms with Gasteiger partial charge in [0.1, 0.15) is 0 Å². The van der Waals surface area contributed by atoms with Gasteiger partial charge in [-0.2, -0.15) is 0 Å². The lowest BCUT2D eigenvalue weighted by Crippen LogP contribution is -1.98. The lowest BCUT2D eigenvalue weighted by atomic mass is 10.0. The molecule has 4 aromatic rings. The van der Waals surface area contributed by atoms with Crippen molar-refractivity contribution in [1.29, 1.82) is 0 Å². The molecular weight excluding hydrogens is 363 g/mol. The molecule has 3 aromatic carbocycles.